The van der Waals surface area contributed by atoms with Gasteiger partial charge in [-0.25, -0.2) is 9.67 Å². The minimum Gasteiger partial charge on any atom is -0.316 e. The number of nitrogens with zero attached hydrogens (tertiary/aromatic N) is 3. The summed E-state index contributed by atoms with van der Waals surface area (Å²) in [6, 6.07) is 4.10. The van der Waals surface area contributed by atoms with E-state index < -0.39 is 0 Å². The van der Waals surface area contributed by atoms with Crippen LogP contribution in [0.3, 0.4) is 0 Å². The summed E-state index contributed by atoms with van der Waals surface area (Å²) in [7, 11) is 1.93. The summed E-state index contributed by atoms with van der Waals surface area (Å²) >= 11 is 3.37. The van der Waals surface area contributed by atoms with Gasteiger partial charge in [-0.2, -0.15) is 5.10 Å². The largest absolute Gasteiger partial charge is 0.316 e. The Morgan fingerprint density at radius 3 is 2.88 bits per heavy atom. The summed E-state index contributed by atoms with van der Waals surface area (Å²) < 4.78 is 2.71. The molecule has 0 saturated carbocycles. The molecule has 84 valence electrons. The van der Waals surface area contributed by atoms with Crippen LogP contribution in [-0.4, -0.2) is 21.8 Å². The van der Waals surface area contributed by atoms with Crippen LogP contribution in [0.25, 0.3) is 5.82 Å². The highest BCUT2D eigenvalue weighted by Crippen LogP contribution is 2.13. The SMILES string of the molecule is CNCc1cc(C)nc(-n2cc(Br)cn2)c1. The number of nitrogens with one attached hydrogen (secondary N) is 1. The van der Waals surface area contributed by atoms with Crippen molar-refractivity contribution in [2.24, 2.45) is 0 Å². The van der Waals surface area contributed by atoms with Gasteiger partial charge >= 0.3 is 0 Å². The van der Waals surface area contributed by atoms with E-state index in [-0.39, 0.29) is 0 Å². The third-order valence-electron chi connectivity index (χ3n) is 2.17. The number of hydrogen-bond donors (Lipinski definition) is 1. The van der Waals surface area contributed by atoms with Crippen molar-refractivity contribution >= 4 is 15.9 Å². The number of pyridine rings is 1. The molecule has 0 bridgehead atoms. The Balaban J connectivity index is 2.40. The lowest BCUT2D eigenvalue weighted by atomic mass is 10.2. The van der Waals surface area contributed by atoms with E-state index in [0.717, 1.165) is 22.5 Å². The van der Waals surface area contributed by atoms with Crippen LogP contribution in [0.15, 0.2) is 29.0 Å². The molecular formula is C11H13BrN4. The Bertz CT molecular complexity index is 492. The van der Waals surface area contributed by atoms with Gasteiger partial charge in [0.05, 0.1) is 10.7 Å². The zero-order chi connectivity index (χ0) is 11.5. The molecule has 4 nitrogen and oxygen atoms in total. The van der Waals surface area contributed by atoms with Crippen molar-refractivity contribution in [1.82, 2.24) is 20.1 Å². The first-order chi connectivity index (χ1) is 7.69. The lowest BCUT2D eigenvalue weighted by Gasteiger charge is -2.06. The molecule has 16 heavy (non-hydrogen) atoms. The highest BCUT2D eigenvalue weighted by Gasteiger charge is 2.03. The van der Waals surface area contributed by atoms with Gasteiger partial charge in [0.15, 0.2) is 5.82 Å². The van der Waals surface area contributed by atoms with Gasteiger partial charge in [0.1, 0.15) is 0 Å². The van der Waals surface area contributed by atoms with Gasteiger partial charge in [0, 0.05) is 18.4 Å². The molecule has 2 aromatic rings. The quantitative estimate of drug-likeness (QED) is 0.936. The highest BCUT2D eigenvalue weighted by molar-refractivity contribution is 9.10. The van der Waals surface area contributed by atoms with E-state index in [1.807, 2.05) is 26.2 Å². The van der Waals surface area contributed by atoms with Crippen LogP contribution < -0.4 is 5.32 Å². The van der Waals surface area contributed by atoms with Crippen LogP contribution in [0.5, 0.6) is 0 Å². The second kappa shape index (κ2) is 4.76. The van der Waals surface area contributed by atoms with Crippen LogP contribution >= 0.6 is 15.9 Å². The third kappa shape index (κ3) is 2.48. The first-order valence-corrected chi connectivity index (χ1v) is 5.81. The van der Waals surface area contributed by atoms with Gasteiger partial charge in [0.2, 0.25) is 0 Å². The zero-order valence-electron chi connectivity index (χ0n) is 9.24. The first-order valence-electron chi connectivity index (χ1n) is 5.02. The second-order valence-electron chi connectivity index (χ2n) is 3.61. The van der Waals surface area contributed by atoms with Crippen molar-refractivity contribution < 1.29 is 0 Å². The maximum absolute atomic E-state index is 4.45. The summed E-state index contributed by atoms with van der Waals surface area (Å²) in [6.07, 6.45) is 3.65. The molecular weight excluding hydrogens is 268 g/mol. The topological polar surface area (TPSA) is 42.7 Å². The van der Waals surface area contributed by atoms with Crippen LogP contribution in [0.1, 0.15) is 11.3 Å². The zero-order valence-corrected chi connectivity index (χ0v) is 10.8. The van der Waals surface area contributed by atoms with E-state index in [4.69, 9.17) is 0 Å². The molecule has 5 heteroatoms. The van der Waals surface area contributed by atoms with Crippen molar-refractivity contribution in [2.45, 2.75) is 13.5 Å². The van der Waals surface area contributed by atoms with Crippen molar-refractivity contribution in [2.75, 3.05) is 7.05 Å². The van der Waals surface area contributed by atoms with Crippen molar-refractivity contribution in [1.29, 1.82) is 0 Å². The molecule has 0 fully saturated rings. The maximum atomic E-state index is 4.45. The number of aryl methyl sites for hydroxylation is 1. The van der Waals surface area contributed by atoms with Crippen molar-refractivity contribution in [3.63, 3.8) is 0 Å². The minimum atomic E-state index is 0.832. The van der Waals surface area contributed by atoms with E-state index in [1.165, 1.54) is 5.56 Å². The summed E-state index contributed by atoms with van der Waals surface area (Å²) in [5, 5.41) is 7.34. The molecule has 0 spiro atoms. The Kier molecular flexibility index (Phi) is 3.36. The predicted octanol–water partition coefficient (Wildman–Crippen LogP) is 2.06. The molecule has 0 aromatic carbocycles. The maximum Gasteiger partial charge on any atom is 0.153 e. The minimum absolute atomic E-state index is 0.832. The van der Waals surface area contributed by atoms with Crippen LogP contribution in [0.2, 0.25) is 0 Å². The van der Waals surface area contributed by atoms with E-state index in [9.17, 15) is 0 Å². The average molecular weight is 281 g/mol. The van der Waals surface area contributed by atoms with Gasteiger partial charge in [-0.3, -0.25) is 0 Å². The lowest BCUT2D eigenvalue weighted by Crippen LogP contribution is -2.08. The van der Waals surface area contributed by atoms with Gasteiger partial charge in [-0.05, 0) is 47.6 Å². The monoisotopic (exact) mass is 280 g/mol. The highest BCUT2D eigenvalue weighted by atomic mass is 79.9. The molecule has 0 radical (unpaired) electrons. The fourth-order valence-electron chi connectivity index (χ4n) is 1.57. The van der Waals surface area contributed by atoms with Gasteiger partial charge in [-0.15, -0.1) is 0 Å². The molecule has 1 N–H and O–H groups in total. The average Bonchev–Trinajstić information content (AvgIpc) is 2.64. The van der Waals surface area contributed by atoms with Crippen molar-refractivity contribution in [3.05, 3.63) is 40.3 Å². The summed E-state index contributed by atoms with van der Waals surface area (Å²) in [6.45, 7) is 2.82. The van der Waals surface area contributed by atoms with E-state index >= 15 is 0 Å². The van der Waals surface area contributed by atoms with E-state index in [1.54, 1.807) is 10.9 Å². The lowest BCUT2D eigenvalue weighted by molar-refractivity contribution is 0.796. The first kappa shape index (κ1) is 11.3. The molecule has 0 atom stereocenters. The summed E-state index contributed by atoms with van der Waals surface area (Å²) in [5.41, 5.74) is 2.20. The molecule has 2 heterocycles. The summed E-state index contributed by atoms with van der Waals surface area (Å²) in [4.78, 5) is 4.45. The van der Waals surface area contributed by atoms with Crippen molar-refractivity contribution in [3.8, 4) is 5.82 Å². The molecule has 0 saturated heterocycles. The van der Waals surface area contributed by atoms with E-state index in [2.05, 4.69) is 37.4 Å². The summed E-state index contributed by atoms with van der Waals surface area (Å²) in [5.74, 6) is 0.843. The van der Waals surface area contributed by atoms with E-state index in [0.29, 0.717) is 0 Å². The number of rotatable bonds is 3. The molecule has 0 amide bonds. The third-order valence-corrected chi connectivity index (χ3v) is 2.58. The molecule has 0 aliphatic heterocycles. The standard InChI is InChI=1S/C11H13BrN4/c1-8-3-9(5-13-2)4-11(15-8)16-7-10(12)6-14-16/h3-4,6-7,13H,5H2,1-2H3. The second-order valence-corrected chi connectivity index (χ2v) is 4.52. The Morgan fingerprint density at radius 2 is 2.25 bits per heavy atom. The van der Waals surface area contributed by atoms with Gasteiger partial charge < -0.3 is 5.32 Å². The molecule has 0 unspecified atom stereocenters. The normalized spacial score (nSPS) is 10.7. The fraction of sp³-hybridized carbons (Fsp3) is 0.273. The Hall–Kier alpha value is -1.20. The Morgan fingerprint density at radius 1 is 1.44 bits per heavy atom. The number of halogens is 1. The van der Waals surface area contributed by atoms with Crippen LogP contribution in [-0.2, 0) is 6.54 Å². The smallest absolute Gasteiger partial charge is 0.153 e. The van der Waals surface area contributed by atoms with Gasteiger partial charge in [0.25, 0.3) is 0 Å². The van der Waals surface area contributed by atoms with Gasteiger partial charge in [-0.1, -0.05) is 0 Å². The fourth-order valence-corrected chi connectivity index (χ4v) is 1.86. The number of hydrogen-bond acceptors (Lipinski definition) is 3. The Labute approximate surface area is 103 Å². The molecule has 0 aliphatic carbocycles. The molecule has 2 aromatic heterocycles. The van der Waals surface area contributed by atoms with Crippen LogP contribution in [0, 0.1) is 6.92 Å². The molecule has 2 rings (SSSR count). The number of aromatic nitrogens is 3. The van der Waals surface area contributed by atoms with Crippen LogP contribution in [0.4, 0.5) is 0 Å². The molecule has 0 aliphatic rings. The predicted molar refractivity (Wildman–Crippen MR) is 66.6 cm³/mol.